The van der Waals surface area contributed by atoms with Crippen molar-refractivity contribution in [2.75, 3.05) is 0 Å². The molecule has 0 saturated carbocycles. The highest BCUT2D eigenvalue weighted by Crippen LogP contribution is 2.10. The summed E-state index contributed by atoms with van der Waals surface area (Å²) >= 11 is 3.29. The van der Waals surface area contributed by atoms with Crippen molar-refractivity contribution in [3.05, 3.63) is 58.1 Å². The van der Waals surface area contributed by atoms with Gasteiger partial charge in [0.25, 0.3) is 5.91 Å². The monoisotopic (exact) mass is 305 g/mol. The molecule has 0 aliphatic carbocycles. The van der Waals surface area contributed by atoms with Crippen LogP contribution in [0.1, 0.15) is 21.5 Å². The highest BCUT2D eigenvalue weighted by atomic mass is 79.9. The third-order valence-corrected chi connectivity index (χ3v) is 2.99. The maximum absolute atomic E-state index is 11.9. The van der Waals surface area contributed by atoms with Gasteiger partial charge in [0.1, 0.15) is 0 Å². The van der Waals surface area contributed by atoms with Gasteiger partial charge in [-0.25, -0.2) is 0 Å². The van der Waals surface area contributed by atoms with Crippen LogP contribution in [0.25, 0.3) is 0 Å². The summed E-state index contributed by atoms with van der Waals surface area (Å²) in [6.45, 7) is 2.45. The number of nitrogens with zero attached hydrogens (tertiary/aromatic N) is 2. The molecule has 0 spiro atoms. The zero-order valence-corrected chi connectivity index (χ0v) is 11.4. The van der Waals surface area contributed by atoms with Crippen LogP contribution in [0.15, 0.2) is 41.4 Å². The van der Waals surface area contributed by atoms with Crippen LogP contribution >= 0.6 is 15.9 Å². The molecule has 0 aliphatic rings. The summed E-state index contributed by atoms with van der Waals surface area (Å²) in [5.41, 5.74) is 2.65. The number of carbonyl (C=O) groups excluding carboxylic acids is 1. The fraction of sp³-hybridized carbons (Fsp3) is 0.154. The fourth-order valence-electron chi connectivity index (χ4n) is 1.50. The molecule has 0 unspecified atom stereocenters. The largest absolute Gasteiger partial charge is 0.348 e. The van der Waals surface area contributed by atoms with Gasteiger partial charge in [-0.05, 0) is 46.1 Å². The maximum atomic E-state index is 11.9. The number of rotatable bonds is 3. The molecule has 0 aliphatic heterocycles. The summed E-state index contributed by atoms with van der Waals surface area (Å²) in [6, 6.07) is 3.65. The summed E-state index contributed by atoms with van der Waals surface area (Å²) in [5, 5.41) is 2.84. The maximum Gasteiger partial charge on any atom is 0.253 e. The third-order valence-electron chi connectivity index (χ3n) is 2.55. The van der Waals surface area contributed by atoms with Gasteiger partial charge >= 0.3 is 0 Å². The predicted molar refractivity (Wildman–Crippen MR) is 72.1 cm³/mol. The van der Waals surface area contributed by atoms with E-state index in [0.717, 1.165) is 15.6 Å². The Kier molecular flexibility index (Phi) is 4.04. The van der Waals surface area contributed by atoms with Crippen molar-refractivity contribution in [2.45, 2.75) is 13.5 Å². The van der Waals surface area contributed by atoms with E-state index in [1.54, 1.807) is 24.7 Å². The first kappa shape index (κ1) is 12.7. The second-order valence-electron chi connectivity index (χ2n) is 3.88. The Morgan fingerprint density at radius 3 is 2.89 bits per heavy atom. The minimum Gasteiger partial charge on any atom is -0.348 e. The molecule has 0 bridgehead atoms. The Balaban J connectivity index is 2.03. The second kappa shape index (κ2) is 5.73. The molecule has 1 N–H and O–H groups in total. The van der Waals surface area contributed by atoms with Crippen molar-refractivity contribution in [1.82, 2.24) is 15.3 Å². The van der Waals surface area contributed by atoms with E-state index in [-0.39, 0.29) is 5.91 Å². The van der Waals surface area contributed by atoms with Crippen LogP contribution in [0.3, 0.4) is 0 Å². The molecular weight excluding hydrogens is 294 g/mol. The zero-order chi connectivity index (χ0) is 13.0. The van der Waals surface area contributed by atoms with Gasteiger partial charge in [0.05, 0.1) is 5.56 Å². The first-order valence-electron chi connectivity index (χ1n) is 5.45. The second-order valence-corrected chi connectivity index (χ2v) is 4.79. The van der Waals surface area contributed by atoms with E-state index in [9.17, 15) is 4.79 Å². The molecule has 2 rings (SSSR count). The van der Waals surface area contributed by atoms with E-state index in [0.29, 0.717) is 12.1 Å². The topological polar surface area (TPSA) is 54.9 Å². The van der Waals surface area contributed by atoms with E-state index in [1.807, 2.05) is 13.0 Å². The Hall–Kier alpha value is -1.75. The van der Waals surface area contributed by atoms with Crippen LogP contribution in [0, 0.1) is 6.92 Å². The SMILES string of the molecule is Cc1ccncc1CNC(=O)c1cncc(Br)c1. The molecule has 0 saturated heterocycles. The van der Waals surface area contributed by atoms with Crippen LogP contribution in [-0.2, 0) is 6.54 Å². The molecule has 2 aromatic rings. The molecule has 92 valence electrons. The van der Waals surface area contributed by atoms with Gasteiger partial charge in [0, 0.05) is 35.8 Å². The zero-order valence-electron chi connectivity index (χ0n) is 9.85. The van der Waals surface area contributed by atoms with Gasteiger partial charge in [-0.15, -0.1) is 0 Å². The van der Waals surface area contributed by atoms with E-state index in [4.69, 9.17) is 0 Å². The Bertz CT molecular complexity index is 572. The van der Waals surface area contributed by atoms with Crippen molar-refractivity contribution >= 4 is 21.8 Å². The van der Waals surface area contributed by atoms with E-state index in [2.05, 4.69) is 31.2 Å². The van der Waals surface area contributed by atoms with Crippen LogP contribution in [0.2, 0.25) is 0 Å². The van der Waals surface area contributed by atoms with Crippen LogP contribution in [0.4, 0.5) is 0 Å². The molecule has 2 heterocycles. The summed E-state index contributed by atoms with van der Waals surface area (Å²) in [4.78, 5) is 19.9. The Morgan fingerprint density at radius 2 is 2.17 bits per heavy atom. The van der Waals surface area contributed by atoms with Crippen molar-refractivity contribution in [2.24, 2.45) is 0 Å². The molecular formula is C13H12BrN3O. The average Bonchev–Trinajstić information content (AvgIpc) is 2.37. The number of pyridine rings is 2. The van der Waals surface area contributed by atoms with Crippen LogP contribution < -0.4 is 5.32 Å². The molecule has 0 atom stereocenters. The van der Waals surface area contributed by atoms with Crippen molar-refractivity contribution in [3.63, 3.8) is 0 Å². The highest BCUT2D eigenvalue weighted by Gasteiger charge is 2.06. The number of aromatic nitrogens is 2. The van der Waals surface area contributed by atoms with Gasteiger partial charge < -0.3 is 5.32 Å². The number of nitrogens with one attached hydrogen (secondary N) is 1. The Morgan fingerprint density at radius 1 is 1.33 bits per heavy atom. The molecule has 4 nitrogen and oxygen atoms in total. The average molecular weight is 306 g/mol. The summed E-state index contributed by atoms with van der Waals surface area (Å²) in [5.74, 6) is -0.146. The smallest absolute Gasteiger partial charge is 0.253 e. The van der Waals surface area contributed by atoms with Crippen molar-refractivity contribution < 1.29 is 4.79 Å². The van der Waals surface area contributed by atoms with Gasteiger partial charge in [0.15, 0.2) is 0 Å². The lowest BCUT2D eigenvalue weighted by Crippen LogP contribution is -2.23. The van der Waals surface area contributed by atoms with Crippen LogP contribution in [-0.4, -0.2) is 15.9 Å². The summed E-state index contributed by atoms with van der Waals surface area (Å²) in [7, 11) is 0. The number of aryl methyl sites for hydroxylation is 1. The lowest BCUT2D eigenvalue weighted by atomic mass is 10.1. The van der Waals surface area contributed by atoms with Gasteiger partial charge in [-0.3, -0.25) is 14.8 Å². The number of hydrogen-bond acceptors (Lipinski definition) is 3. The normalized spacial score (nSPS) is 10.1. The van der Waals surface area contributed by atoms with Gasteiger partial charge in [-0.2, -0.15) is 0 Å². The molecule has 18 heavy (non-hydrogen) atoms. The summed E-state index contributed by atoms with van der Waals surface area (Å²) in [6.07, 6.45) is 6.67. The molecule has 5 heteroatoms. The predicted octanol–water partition coefficient (Wildman–Crippen LogP) is 2.48. The number of carbonyl (C=O) groups is 1. The number of halogens is 1. The Labute approximate surface area is 114 Å². The van der Waals surface area contributed by atoms with Crippen molar-refractivity contribution in [3.8, 4) is 0 Å². The lowest BCUT2D eigenvalue weighted by Gasteiger charge is -2.07. The molecule has 1 amide bonds. The highest BCUT2D eigenvalue weighted by molar-refractivity contribution is 9.10. The summed E-state index contributed by atoms with van der Waals surface area (Å²) < 4.78 is 0.785. The minimum absolute atomic E-state index is 0.146. The fourth-order valence-corrected chi connectivity index (χ4v) is 1.86. The number of hydrogen-bond donors (Lipinski definition) is 1. The molecule has 0 radical (unpaired) electrons. The first-order valence-corrected chi connectivity index (χ1v) is 6.24. The molecule has 0 aromatic carbocycles. The van der Waals surface area contributed by atoms with E-state index < -0.39 is 0 Å². The minimum atomic E-state index is -0.146. The van der Waals surface area contributed by atoms with Crippen molar-refractivity contribution in [1.29, 1.82) is 0 Å². The quantitative estimate of drug-likeness (QED) is 0.948. The van der Waals surface area contributed by atoms with Crippen LogP contribution in [0.5, 0.6) is 0 Å². The van der Waals surface area contributed by atoms with Gasteiger partial charge in [0.2, 0.25) is 0 Å². The molecule has 2 aromatic heterocycles. The number of amides is 1. The molecule has 0 fully saturated rings. The van der Waals surface area contributed by atoms with E-state index in [1.165, 1.54) is 6.20 Å². The first-order chi connectivity index (χ1) is 8.66. The lowest BCUT2D eigenvalue weighted by molar-refractivity contribution is 0.0950. The standard InChI is InChI=1S/C13H12BrN3O/c1-9-2-3-15-6-11(9)7-17-13(18)10-4-12(14)8-16-5-10/h2-6,8H,7H2,1H3,(H,17,18). The van der Waals surface area contributed by atoms with E-state index >= 15 is 0 Å². The third kappa shape index (κ3) is 3.13. The van der Waals surface area contributed by atoms with Gasteiger partial charge in [-0.1, -0.05) is 0 Å².